The molecule has 2 aromatic carbocycles. The van der Waals surface area contributed by atoms with Crippen LogP contribution in [0.1, 0.15) is 56.7 Å². The van der Waals surface area contributed by atoms with E-state index in [1.807, 2.05) is 35.2 Å². The Balaban J connectivity index is 1.40. The fraction of sp³-hybridized carbons (Fsp3) is 0.517. The highest BCUT2D eigenvalue weighted by Gasteiger charge is 2.22. The predicted octanol–water partition coefficient (Wildman–Crippen LogP) is 4.68. The van der Waals surface area contributed by atoms with Crippen LogP contribution in [0.3, 0.4) is 0 Å². The van der Waals surface area contributed by atoms with Crippen LogP contribution in [0.15, 0.2) is 48.5 Å². The second kappa shape index (κ2) is 13.4. The van der Waals surface area contributed by atoms with Crippen molar-refractivity contribution in [3.63, 3.8) is 0 Å². The molecule has 0 aromatic heterocycles. The summed E-state index contributed by atoms with van der Waals surface area (Å²) in [6.07, 6.45) is 3.19. The average Bonchev–Trinajstić information content (AvgIpc) is 2.82. The minimum absolute atomic E-state index is 0.0343. The molecule has 0 spiro atoms. The third-order valence-corrected chi connectivity index (χ3v) is 6.20. The van der Waals surface area contributed by atoms with E-state index in [0.717, 1.165) is 31.6 Å². The average molecular weight is 481 g/mol. The Morgan fingerprint density at radius 1 is 0.829 bits per heavy atom. The van der Waals surface area contributed by atoms with Crippen molar-refractivity contribution in [2.45, 2.75) is 59.4 Å². The van der Waals surface area contributed by atoms with E-state index in [0.29, 0.717) is 32.9 Å². The maximum atomic E-state index is 13.2. The lowest BCUT2D eigenvalue weighted by atomic mass is 9.93. The van der Waals surface area contributed by atoms with Gasteiger partial charge in [-0.05, 0) is 47.4 Å². The van der Waals surface area contributed by atoms with Gasteiger partial charge in [0.05, 0.1) is 26.4 Å². The first-order valence-corrected chi connectivity index (χ1v) is 12.7. The highest BCUT2D eigenvalue weighted by molar-refractivity contribution is 5.96. The van der Waals surface area contributed by atoms with Crippen LogP contribution in [0.5, 0.6) is 0 Å². The molecule has 0 saturated carbocycles. The molecule has 6 nitrogen and oxygen atoms in total. The van der Waals surface area contributed by atoms with Crippen LogP contribution < -0.4 is 10.2 Å². The van der Waals surface area contributed by atoms with Gasteiger partial charge < -0.3 is 19.7 Å². The van der Waals surface area contributed by atoms with Crippen LogP contribution in [0.25, 0.3) is 0 Å². The van der Waals surface area contributed by atoms with E-state index in [-0.39, 0.29) is 30.1 Å². The SMILES string of the molecule is CC(C)(C)CCOCCOCCNC(=O)CCC(=O)N1Cc2ccccc2CCc2ccccc21. The predicted molar refractivity (Wildman–Crippen MR) is 139 cm³/mol. The Hall–Kier alpha value is -2.70. The van der Waals surface area contributed by atoms with Crippen LogP contribution in [0.2, 0.25) is 0 Å². The van der Waals surface area contributed by atoms with Gasteiger partial charge in [-0.2, -0.15) is 0 Å². The normalized spacial score (nSPS) is 13.4. The minimum Gasteiger partial charge on any atom is -0.379 e. The molecule has 1 heterocycles. The Morgan fingerprint density at radius 3 is 2.20 bits per heavy atom. The third kappa shape index (κ3) is 9.11. The molecule has 0 atom stereocenters. The van der Waals surface area contributed by atoms with Gasteiger partial charge in [0, 0.05) is 31.7 Å². The number of carbonyl (C=O) groups is 2. The molecular formula is C29H40N2O4. The van der Waals surface area contributed by atoms with Gasteiger partial charge in [0.1, 0.15) is 0 Å². The fourth-order valence-corrected chi connectivity index (χ4v) is 4.10. The molecule has 0 aliphatic carbocycles. The maximum Gasteiger partial charge on any atom is 0.227 e. The number of nitrogens with zero attached hydrogens (tertiary/aromatic N) is 1. The first-order valence-electron chi connectivity index (χ1n) is 12.7. The zero-order valence-corrected chi connectivity index (χ0v) is 21.5. The molecule has 190 valence electrons. The van der Waals surface area contributed by atoms with Gasteiger partial charge in [-0.15, -0.1) is 0 Å². The van der Waals surface area contributed by atoms with Crippen LogP contribution in [-0.2, 0) is 38.4 Å². The highest BCUT2D eigenvalue weighted by atomic mass is 16.5. The second-order valence-corrected chi connectivity index (χ2v) is 10.3. The van der Waals surface area contributed by atoms with Gasteiger partial charge >= 0.3 is 0 Å². The Morgan fingerprint density at radius 2 is 1.46 bits per heavy atom. The standard InChI is InChI=1S/C29H40N2O4/c1-29(2,3)16-18-34-20-21-35-19-17-30-27(32)14-15-28(33)31-22-25-10-5-4-8-23(25)12-13-24-9-6-7-11-26(24)31/h4-11H,12-22H2,1-3H3,(H,30,32). The summed E-state index contributed by atoms with van der Waals surface area (Å²) in [5, 5.41) is 2.84. The molecule has 1 N–H and O–H groups in total. The van der Waals surface area contributed by atoms with Crippen LogP contribution in [0.4, 0.5) is 5.69 Å². The smallest absolute Gasteiger partial charge is 0.227 e. The number of aryl methyl sites for hydroxylation is 2. The summed E-state index contributed by atoms with van der Waals surface area (Å²) in [6.45, 7) is 9.74. The molecule has 0 unspecified atom stereocenters. The summed E-state index contributed by atoms with van der Waals surface area (Å²) in [5.41, 5.74) is 4.83. The number of fused-ring (bicyclic) bond motifs is 2. The number of hydrogen-bond donors (Lipinski definition) is 1. The minimum atomic E-state index is -0.135. The van der Waals surface area contributed by atoms with E-state index in [4.69, 9.17) is 9.47 Å². The van der Waals surface area contributed by atoms with Crippen LogP contribution in [0, 0.1) is 5.41 Å². The number of para-hydroxylation sites is 1. The summed E-state index contributed by atoms with van der Waals surface area (Å²) >= 11 is 0. The Bertz CT molecular complexity index is 967. The van der Waals surface area contributed by atoms with Gasteiger partial charge in [-0.3, -0.25) is 9.59 Å². The van der Waals surface area contributed by atoms with Gasteiger partial charge in [0.2, 0.25) is 11.8 Å². The van der Waals surface area contributed by atoms with Crippen molar-refractivity contribution >= 4 is 17.5 Å². The molecule has 0 saturated heterocycles. The first-order chi connectivity index (χ1) is 16.8. The zero-order valence-electron chi connectivity index (χ0n) is 21.5. The number of nitrogens with one attached hydrogen (secondary N) is 1. The topological polar surface area (TPSA) is 67.9 Å². The van der Waals surface area contributed by atoms with E-state index in [1.54, 1.807) is 0 Å². The second-order valence-electron chi connectivity index (χ2n) is 10.3. The Kier molecular flexibility index (Phi) is 10.3. The molecular weight excluding hydrogens is 440 g/mol. The highest BCUT2D eigenvalue weighted by Crippen LogP contribution is 2.29. The van der Waals surface area contributed by atoms with E-state index in [1.165, 1.54) is 16.7 Å². The summed E-state index contributed by atoms with van der Waals surface area (Å²) in [4.78, 5) is 27.4. The fourth-order valence-electron chi connectivity index (χ4n) is 4.10. The number of hydrogen-bond acceptors (Lipinski definition) is 4. The van der Waals surface area contributed by atoms with Crippen molar-refractivity contribution in [1.82, 2.24) is 5.32 Å². The summed E-state index contributed by atoms with van der Waals surface area (Å²) < 4.78 is 11.1. The summed E-state index contributed by atoms with van der Waals surface area (Å²) in [5.74, 6) is -0.169. The lowest BCUT2D eigenvalue weighted by molar-refractivity contribution is -0.125. The van der Waals surface area contributed by atoms with E-state index >= 15 is 0 Å². The number of amides is 2. The summed E-state index contributed by atoms with van der Waals surface area (Å²) in [6, 6.07) is 16.4. The number of ether oxygens (including phenoxy) is 2. The van der Waals surface area contributed by atoms with Gasteiger partial charge in [0.15, 0.2) is 0 Å². The van der Waals surface area contributed by atoms with Crippen molar-refractivity contribution in [2.75, 3.05) is 37.9 Å². The lowest BCUT2D eigenvalue weighted by Gasteiger charge is -2.29. The Labute approximate surface area is 210 Å². The first kappa shape index (κ1) is 26.9. The van der Waals surface area contributed by atoms with Gasteiger partial charge in [0.25, 0.3) is 0 Å². The molecule has 2 amide bonds. The van der Waals surface area contributed by atoms with E-state index in [2.05, 4.69) is 44.3 Å². The summed E-state index contributed by atoms with van der Waals surface area (Å²) in [7, 11) is 0. The number of rotatable bonds is 11. The monoisotopic (exact) mass is 480 g/mol. The number of carbonyl (C=O) groups excluding carboxylic acids is 2. The van der Waals surface area contributed by atoms with Gasteiger partial charge in [-0.1, -0.05) is 63.2 Å². The van der Waals surface area contributed by atoms with Crippen molar-refractivity contribution in [2.24, 2.45) is 5.41 Å². The van der Waals surface area contributed by atoms with Crippen molar-refractivity contribution in [1.29, 1.82) is 0 Å². The molecule has 3 rings (SSSR count). The molecule has 0 bridgehead atoms. The molecule has 0 radical (unpaired) electrons. The van der Waals surface area contributed by atoms with Crippen molar-refractivity contribution in [3.8, 4) is 0 Å². The van der Waals surface area contributed by atoms with Crippen LogP contribution >= 0.6 is 0 Å². The molecule has 6 heteroatoms. The van der Waals surface area contributed by atoms with Gasteiger partial charge in [-0.25, -0.2) is 0 Å². The van der Waals surface area contributed by atoms with Crippen molar-refractivity contribution < 1.29 is 19.1 Å². The quantitative estimate of drug-likeness (QED) is 0.474. The largest absolute Gasteiger partial charge is 0.379 e. The maximum absolute atomic E-state index is 13.2. The van der Waals surface area contributed by atoms with E-state index in [9.17, 15) is 9.59 Å². The zero-order chi connectivity index (χ0) is 25.1. The molecule has 2 aromatic rings. The molecule has 1 aliphatic rings. The number of anilines is 1. The molecule has 0 fully saturated rings. The van der Waals surface area contributed by atoms with Crippen molar-refractivity contribution in [3.05, 3.63) is 65.2 Å². The van der Waals surface area contributed by atoms with E-state index < -0.39 is 0 Å². The third-order valence-electron chi connectivity index (χ3n) is 6.20. The lowest BCUT2D eigenvalue weighted by Crippen LogP contribution is -2.34. The molecule has 1 aliphatic heterocycles. The van der Waals surface area contributed by atoms with Crippen LogP contribution in [-0.4, -0.2) is 44.8 Å². The number of benzene rings is 2. The molecule has 35 heavy (non-hydrogen) atoms.